The van der Waals surface area contributed by atoms with Gasteiger partial charge in [0.05, 0.1) is 6.61 Å². The van der Waals surface area contributed by atoms with Crippen LogP contribution in [0.1, 0.15) is 12.8 Å². The molecule has 0 spiro atoms. The minimum Gasteiger partial charge on any atom is -0.384 e. The molecule has 0 aromatic rings. The molecule has 1 heterocycles. The molecule has 0 radical (unpaired) electrons. The molecule has 0 saturated carbocycles. The largest absolute Gasteiger partial charge is 0.403 e. The van der Waals surface area contributed by atoms with Crippen LogP contribution in [0.2, 0.25) is 0 Å². The van der Waals surface area contributed by atoms with E-state index in [1.165, 1.54) is 0 Å². The number of halogens is 3. The van der Waals surface area contributed by atoms with Gasteiger partial charge in [0.1, 0.15) is 6.04 Å². The maximum atomic E-state index is 12.2. The molecule has 1 rings (SSSR count). The number of alkyl halides is 3. The predicted octanol–water partition coefficient (Wildman–Crippen LogP) is 1.56. The highest BCUT2D eigenvalue weighted by Crippen LogP contribution is 2.27. The van der Waals surface area contributed by atoms with E-state index in [0.29, 0.717) is 19.6 Å². The molecule has 0 aromatic carbocycles. The Bertz CT molecular complexity index is 152. The van der Waals surface area contributed by atoms with Crippen LogP contribution >= 0.6 is 0 Å². The molecule has 0 bridgehead atoms. The van der Waals surface area contributed by atoms with Gasteiger partial charge in [-0.1, -0.05) is 0 Å². The zero-order valence-corrected chi connectivity index (χ0v) is 7.53. The van der Waals surface area contributed by atoms with Crippen molar-refractivity contribution >= 4 is 0 Å². The van der Waals surface area contributed by atoms with E-state index in [2.05, 4.69) is 5.32 Å². The average molecular weight is 197 g/mol. The standard InChI is InChI=1S/C8H14F3NO/c1-13-5-6-2-3-7(12-4-6)8(9,10)11/h6-7,12H,2-5H2,1H3/t6-,7-/m1/s1. The van der Waals surface area contributed by atoms with Crippen LogP contribution in [0.15, 0.2) is 0 Å². The highest BCUT2D eigenvalue weighted by molar-refractivity contribution is 4.82. The van der Waals surface area contributed by atoms with Crippen LogP contribution < -0.4 is 5.32 Å². The first-order chi connectivity index (χ1) is 6.04. The molecule has 1 fully saturated rings. The first kappa shape index (κ1) is 10.8. The van der Waals surface area contributed by atoms with Crippen LogP contribution in [0.5, 0.6) is 0 Å². The highest BCUT2D eigenvalue weighted by atomic mass is 19.4. The van der Waals surface area contributed by atoms with Crippen molar-refractivity contribution in [3.63, 3.8) is 0 Å². The minimum absolute atomic E-state index is 0.164. The maximum Gasteiger partial charge on any atom is 0.403 e. The van der Waals surface area contributed by atoms with Crippen molar-refractivity contribution in [2.45, 2.75) is 25.1 Å². The van der Waals surface area contributed by atoms with Gasteiger partial charge in [-0.15, -0.1) is 0 Å². The van der Waals surface area contributed by atoms with E-state index in [1.54, 1.807) is 7.11 Å². The van der Waals surface area contributed by atoms with Crippen molar-refractivity contribution in [3.05, 3.63) is 0 Å². The van der Waals surface area contributed by atoms with Crippen LogP contribution in [0.4, 0.5) is 13.2 Å². The van der Waals surface area contributed by atoms with Crippen LogP contribution in [-0.2, 0) is 4.74 Å². The summed E-state index contributed by atoms with van der Waals surface area (Å²) in [5.41, 5.74) is 0. The number of ether oxygens (including phenoxy) is 1. The fraction of sp³-hybridized carbons (Fsp3) is 1.00. The van der Waals surface area contributed by atoms with Gasteiger partial charge in [-0.3, -0.25) is 0 Å². The molecule has 0 unspecified atom stereocenters. The number of rotatable bonds is 2. The molecule has 13 heavy (non-hydrogen) atoms. The van der Waals surface area contributed by atoms with Gasteiger partial charge in [-0.05, 0) is 18.8 Å². The number of methoxy groups -OCH3 is 1. The summed E-state index contributed by atoms with van der Waals surface area (Å²) in [6, 6.07) is -1.32. The second-order valence-corrected chi connectivity index (χ2v) is 3.40. The number of hydrogen-bond donors (Lipinski definition) is 1. The third-order valence-electron chi connectivity index (χ3n) is 2.31. The summed E-state index contributed by atoms with van der Waals surface area (Å²) < 4.78 is 41.4. The van der Waals surface area contributed by atoms with Crippen LogP contribution in [0.25, 0.3) is 0 Å². The lowest BCUT2D eigenvalue weighted by molar-refractivity contribution is -0.162. The van der Waals surface area contributed by atoms with Gasteiger partial charge in [-0.25, -0.2) is 0 Å². The van der Waals surface area contributed by atoms with E-state index in [-0.39, 0.29) is 12.3 Å². The summed E-state index contributed by atoms with van der Waals surface area (Å²) in [5.74, 6) is 0.226. The molecular weight excluding hydrogens is 183 g/mol. The first-order valence-corrected chi connectivity index (χ1v) is 4.33. The second-order valence-electron chi connectivity index (χ2n) is 3.40. The summed E-state index contributed by atoms with van der Waals surface area (Å²) >= 11 is 0. The maximum absolute atomic E-state index is 12.2. The molecule has 1 aliphatic heterocycles. The molecule has 1 saturated heterocycles. The Hall–Kier alpha value is -0.290. The topological polar surface area (TPSA) is 21.3 Å². The lowest BCUT2D eigenvalue weighted by Crippen LogP contribution is -2.48. The number of hydrogen-bond acceptors (Lipinski definition) is 2. The Morgan fingerprint density at radius 1 is 1.38 bits per heavy atom. The van der Waals surface area contributed by atoms with Gasteiger partial charge in [0, 0.05) is 13.7 Å². The molecular formula is C8H14F3NO. The van der Waals surface area contributed by atoms with E-state index in [1.807, 2.05) is 0 Å². The van der Waals surface area contributed by atoms with E-state index < -0.39 is 12.2 Å². The molecule has 0 aromatic heterocycles. The molecule has 1 N–H and O–H groups in total. The third kappa shape index (κ3) is 3.15. The summed E-state index contributed by atoms with van der Waals surface area (Å²) in [4.78, 5) is 0. The number of nitrogens with one attached hydrogen (secondary N) is 1. The zero-order valence-electron chi connectivity index (χ0n) is 7.53. The van der Waals surface area contributed by atoms with E-state index >= 15 is 0 Å². The Labute approximate surface area is 75.4 Å². The second kappa shape index (κ2) is 4.28. The molecule has 0 amide bonds. The monoisotopic (exact) mass is 197 g/mol. The Balaban J connectivity index is 2.30. The Kier molecular flexibility index (Phi) is 3.55. The van der Waals surface area contributed by atoms with Crippen LogP contribution in [-0.4, -0.2) is 32.5 Å². The third-order valence-corrected chi connectivity index (χ3v) is 2.31. The fourth-order valence-corrected chi connectivity index (χ4v) is 1.57. The van der Waals surface area contributed by atoms with Gasteiger partial charge in [0.25, 0.3) is 0 Å². The van der Waals surface area contributed by atoms with E-state index in [0.717, 1.165) is 0 Å². The summed E-state index contributed by atoms with van der Waals surface area (Å²) in [6.07, 6.45) is -3.35. The van der Waals surface area contributed by atoms with Gasteiger partial charge >= 0.3 is 6.18 Å². The van der Waals surface area contributed by atoms with Crippen molar-refractivity contribution in [1.82, 2.24) is 5.32 Å². The zero-order chi connectivity index (χ0) is 9.90. The SMILES string of the molecule is COC[C@@H]1CC[C@H](C(F)(F)F)NC1. The van der Waals surface area contributed by atoms with Crippen molar-refractivity contribution in [2.24, 2.45) is 5.92 Å². The van der Waals surface area contributed by atoms with Crippen molar-refractivity contribution in [1.29, 1.82) is 0 Å². The lowest BCUT2D eigenvalue weighted by atomic mass is 9.95. The minimum atomic E-state index is -4.10. The van der Waals surface area contributed by atoms with Gasteiger partial charge in [-0.2, -0.15) is 13.2 Å². The fourth-order valence-electron chi connectivity index (χ4n) is 1.57. The molecule has 2 nitrogen and oxygen atoms in total. The Morgan fingerprint density at radius 3 is 2.46 bits per heavy atom. The lowest BCUT2D eigenvalue weighted by Gasteiger charge is -2.30. The van der Waals surface area contributed by atoms with Gasteiger partial charge in [0.15, 0.2) is 0 Å². The number of piperidine rings is 1. The quantitative estimate of drug-likeness (QED) is 0.725. The van der Waals surface area contributed by atoms with Crippen molar-refractivity contribution < 1.29 is 17.9 Å². The van der Waals surface area contributed by atoms with Crippen molar-refractivity contribution in [3.8, 4) is 0 Å². The molecule has 78 valence electrons. The normalized spacial score (nSPS) is 30.5. The molecule has 2 atom stereocenters. The van der Waals surface area contributed by atoms with Gasteiger partial charge < -0.3 is 10.1 Å². The van der Waals surface area contributed by atoms with Gasteiger partial charge in [0.2, 0.25) is 0 Å². The smallest absolute Gasteiger partial charge is 0.384 e. The predicted molar refractivity (Wildman–Crippen MR) is 42.4 cm³/mol. The summed E-state index contributed by atoms with van der Waals surface area (Å²) in [7, 11) is 1.57. The summed E-state index contributed by atoms with van der Waals surface area (Å²) in [6.45, 7) is 0.940. The molecule has 5 heteroatoms. The van der Waals surface area contributed by atoms with E-state index in [9.17, 15) is 13.2 Å². The first-order valence-electron chi connectivity index (χ1n) is 4.33. The summed E-state index contributed by atoms with van der Waals surface area (Å²) in [5, 5.41) is 2.49. The molecule has 0 aliphatic carbocycles. The molecule has 1 aliphatic rings. The van der Waals surface area contributed by atoms with E-state index in [4.69, 9.17) is 4.74 Å². The van der Waals surface area contributed by atoms with Crippen LogP contribution in [0.3, 0.4) is 0 Å². The Morgan fingerprint density at radius 2 is 2.08 bits per heavy atom. The highest BCUT2D eigenvalue weighted by Gasteiger charge is 2.41. The van der Waals surface area contributed by atoms with Crippen molar-refractivity contribution in [2.75, 3.05) is 20.3 Å². The van der Waals surface area contributed by atoms with Crippen LogP contribution in [0, 0.1) is 5.92 Å². The average Bonchev–Trinajstić information content (AvgIpc) is 2.04.